The fraction of sp³-hybridized carbons (Fsp3) is 0.376. The van der Waals surface area contributed by atoms with Gasteiger partial charge < -0.3 is 66.7 Å². The lowest BCUT2D eigenvalue weighted by Crippen LogP contribution is -2.34. The maximum absolute atomic E-state index is 12.4. The van der Waals surface area contributed by atoms with Crippen LogP contribution in [0.5, 0.6) is 28.7 Å². The Bertz CT molecular complexity index is 5020. The Balaban J connectivity index is 0.000000130. The Morgan fingerprint density at radius 1 is 0.406 bits per heavy atom. The first kappa shape index (κ1) is 73.5. The number of carbonyl (C=O) groups excluding carboxylic acids is 3. The van der Waals surface area contributed by atoms with Crippen molar-refractivity contribution in [3.63, 3.8) is 0 Å². The highest BCUT2D eigenvalue weighted by atomic mass is 16.5. The van der Waals surface area contributed by atoms with Crippen LogP contribution in [0.4, 0.5) is 0 Å². The first-order chi connectivity index (χ1) is 51.4. The lowest BCUT2D eigenvalue weighted by Gasteiger charge is -2.31. The molecule has 21 nitrogen and oxygen atoms in total. The zero-order valence-electron chi connectivity index (χ0n) is 61.8. The average Bonchev–Trinajstić information content (AvgIpc) is 1.69. The Kier molecular flexibility index (Phi) is 23.3. The third kappa shape index (κ3) is 17.4. The van der Waals surface area contributed by atoms with Gasteiger partial charge in [0.2, 0.25) is 0 Å². The van der Waals surface area contributed by atoms with Crippen molar-refractivity contribution in [2.24, 2.45) is 14.1 Å². The quantitative estimate of drug-likeness (QED) is 0.0789. The van der Waals surface area contributed by atoms with Crippen LogP contribution in [-0.2, 0) is 33.4 Å². The van der Waals surface area contributed by atoms with Gasteiger partial charge in [-0.25, -0.2) is 0 Å². The van der Waals surface area contributed by atoms with Gasteiger partial charge in [-0.1, -0.05) is 52.8 Å². The van der Waals surface area contributed by atoms with Crippen molar-refractivity contribution in [2.45, 2.75) is 89.9 Å². The van der Waals surface area contributed by atoms with E-state index >= 15 is 0 Å². The number of aromatic hydroxyl groups is 1. The maximum Gasteiger partial charge on any atom is 0.258 e. The minimum absolute atomic E-state index is 0.00541. The van der Waals surface area contributed by atoms with Crippen molar-refractivity contribution in [1.82, 2.24) is 43.9 Å². The number of benzene rings is 7. The van der Waals surface area contributed by atoms with Crippen LogP contribution in [0.1, 0.15) is 127 Å². The highest BCUT2D eigenvalue weighted by Crippen LogP contribution is 2.36. The molecule has 0 radical (unpaired) electrons. The second kappa shape index (κ2) is 33.6. The number of fused-ring (bicyclic) bond motifs is 7. The van der Waals surface area contributed by atoms with E-state index < -0.39 is 0 Å². The van der Waals surface area contributed by atoms with Crippen molar-refractivity contribution in [1.29, 1.82) is 0 Å². The van der Waals surface area contributed by atoms with Gasteiger partial charge in [0.1, 0.15) is 28.7 Å². The number of amides is 3. The third-order valence-corrected chi connectivity index (χ3v) is 21.1. The number of ether oxygens (including phenoxy) is 4. The minimum atomic E-state index is -0.0894. The number of likely N-dealkylation sites (N-methyl/N-ethyl adjacent to an activating group) is 3. The van der Waals surface area contributed by atoms with Crippen molar-refractivity contribution in [3.8, 4) is 28.7 Å². The molecule has 0 atom stereocenters. The summed E-state index contributed by atoms with van der Waals surface area (Å²) in [5.41, 5.74) is 11.9. The zero-order chi connectivity index (χ0) is 74.0. The van der Waals surface area contributed by atoms with Gasteiger partial charge in [0.25, 0.3) is 28.8 Å². The summed E-state index contributed by atoms with van der Waals surface area (Å²) in [5.74, 6) is 4.20. The van der Waals surface area contributed by atoms with Gasteiger partial charge in [0, 0.05) is 126 Å². The molecular weight excluding hydrogens is 1340 g/mol. The molecule has 1 N–H and O–H groups in total. The summed E-state index contributed by atoms with van der Waals surface area (Å²) in [6.07, 6.45) is 13.2. The number of carbonyl (C=O) groups is 3. The molecule has 5 aliphatic heterocycles. The number of aromatic nitrogens is 4. The van der Waals surface area contributed by atoms with E-state index in [2.05, 4.69) is 70.4 Å². The SMILES string of the molecule is CN1CCc2ccc(OCCCOc3ccc4c(c3)C(=O)N(C)CC4)cc2C1=O.Cc1ccc2c(C3CCN(CCCOc4ccc5c(c4)C(=O)N(C)CC5)CC3)noc2c1.Cc1ccc2c(C3CCN(CCCOc4ccc5ccn(C)c(=O)c5c4)CC3)noc2c1.Cn1ccc2ccc(O)cc2c1=O. The van der Waals surface area contributed by atoms with E-state index in [0.717, 1.165) is 206 Å². The molecule has 0 aliphatic carbocycles. The molecule has 5 aliphatic rings. The number of pyridine rings is 2. The van der Waals surface area contributed by atoms with Crippen LogP contribution in [0.2, 0.25) is 0 Å². The molecule has 0 spiro atoms. The minimum Gasteiger partial charge on any atom is -0.508 e. The first-order valence-electron chi connectivity index (χ1n) is 37.1. The van der Waals surface area contributed by atoms with Gasteiger partial charge in [-0.2, -0.15) is 0 Å². The van der Waals surface area contributed by atoms with Crippen LogP contribution in [0.3, 0.4) is 0 Å². The molecule has 106 heavy (non-hydrogen) atoms. The molecule has 11 aromatic rings. The van der Waals surface area contributed by atoms with Crippen molar-refractivity contribution in [2.75, 3.05) is 106 Å². The Labute approximate surface area is 617 Å². The van der Waals surface area contributed by atoms with E-state index in [4.69, 9.17) is 28.0 Å². The van der Waals surface area contributed by atoms with Crippen LogP contribution < -0.4 is 30.1 Å². The van der Waals surface area contributed by atoms with Gasteiger partial charge in [-0.05, 0) is 233 Å². The lowest BCUT2D eigenvalue weighted by molar-refractivity contribution is 0.0773. The van der Waals surface area contributed by atoms with Gasteiger partial charge in [-0.15, -0.1) is 0 Å². The molecule has 0 bridgehead atoms. The molecule has 21 heteroatoms. The van der Waals surface area contributed by atoms with E-state index in [1.54, 1.807) is 57.9 Å². The number of phenols is 1. The third-order valence-electron chi connectivity index (χ3n) is 21.1. The predicted molar refractivity (Wildman–Crippen MR) is 412 cm³/mol. The first-order valence-corrected chi connectivity index (χ1v) is 37.1. The molecule has 16 rings (SSSR count). The summed E-state index contributed by atoms with van der Waals surface area (Å²) in [4.78, 5) is 71.0. The van der Waals surface area contributed by atoms with Gasteiger partial charge >= 0.3 is 0 Å². The van der Waals surface area contributed by atoms with Crippen LogP contribution >= 0.6 is 0 Å². The van der Waals surface area contributed by atoms with Crippen LogP contribution in [0.15, 0.2) is 171 Å². The molecule has 2 fully saturated rings. The van der Waals surface area contributed by atoms with Crippen LogP contribution in [0, 0.1) is 13.8 Å². The molecule has 7 aromatic carbocycles. The summed E-state index contributed by atoms with van der Waals surface area (Å²) in [7, 11) is 8.95. The fourth-order valence-corrected chi connectivity index (χ4v) is 14.7. The van der Waals surface area contributed by atoms with Crippen molar-refractivity contribution in [3.05, 3.63) is 229 Å². The monoisotopic (exact) mass is 1430 g/mol. The second-order valence-corrected chi connectivity index (χ2v) is 28.7. The standard InChI is InChI=1S/C26H31N3O3.C26H29N3O3.C23H26N2O4.C10H9NO2/c2*1-18-4-7-22-24(16-18)32-27-25(22)20-9-13-29(14-10-20)11-3-15-31-21-6-5-19-8-12-28(2)26(30)23(19)17-21;1-24-10-8-16-4-6-18(14-20(16)22(24)26)28-12-3-13-29-19-7-5-17-9-11-25(2)23(27)21(17)15-19;1-11-5-4-7-2-3-8(12)6-9(7)10(11)13/h4-7,16-17,20H,3,8-15H2,1-2H3;4-8,12,16-17,20H,3,9-11,13-15H2,1-2H3;4-7,14-15H,3,8-13H2,1-2H3;2-6,12H,1H3. The van der Waals surface area contributed by atoms with Crippen molar-refractivity contribution < 1.29 is 47.5 Å². The van der Waals surface area contributed by atoms with Crippen LogP contribution in [-0.4, -0.2) is 173 Å². The Morgan fingerprint density at radius 2 is 0.774 bits per heavy atom. The number of piperidine rings is 2. The van der Waals surface area contributed by atoms with Crippen LogP contribution in [0.25, 0.3) is 43.5 Å². The molecule has 4 aromatic heterocycles. The highest BCUT2D eigenvalue weighted by molar-refractivity contribution is 5.98. The van der Waals surface area contributed by atoms with E-state index in [1.165, 1.54) is 21.8 Å². The van der Waals surface area contributed by atoms with E-state index in [0.29, 0.717) is 67.0 Å². The average molecular weight is 1430 g/mol. The number of hydrogen-bond acceptors (Lipinski definition) is 16. The summed E-state index contributed by atoms with van der Waals surface area (Å²) < 4.78 is 37.7. The normalized spacial score (nSPS) is 15.7. The van der Waals surface area contributed by atoms with Gasteiger partial charge in [0.15, 0.2) is 11.2 Å². The molecule has 552 valence electrons. The topological polar surface area (TPSA) is 221 Å². The Hall–Kier alpha value is -10.8. The number of likely N-dealkylation sites (tertiary alicyclic amines) is 2. The summed E-state index contributed by atoms with van der Waals surface area (Å²) in [5, 5.41) is 23.3. The fourth-order valence-electron chi connectivity index (χ4n) is 14.7. The summed E-state index contributed by atoms with van der Waals surface area (Å²) in [6, 6.07) is 44.4. The van der Waals surface area contributed by atoms with Crippen molar-refractivity contribution >= 4 is 61.2 Å². The van der Waals surface area contributed by atoms with E-state index in [1.807, 2.05) is 106 Å². The van der Waals surface area contributed by atoms with E-state index in [9.17, 15) is 29.1 Å². The zero-order valence-corrected chi connectivity index (χ0v) is 61.8. The predicted octanol–water partition coefficient (Wildman–Crippen LogP) is 13.1. The van der Waals surface area contributed by atoms with Gasteiger partial charge in [0.05, 0.1) is 48.6 Å². The van der Waals surface area contributed by atoms with E-state index in [-0.39, 0.29) is 34.6 Å². The molecular formula is C85H95N9O12. The highest BCUT2D eigenvalue weighted by Gasteiger charge is 2.29. The number of phenolic OH excluding ortho intramolecular Hbond substituents is 1. The molecule has 9 heterocycles. The summed E-state index contributed by atoms with van der Waals surface area (Å²) >= 11 is 0. The summed E-state index contributed by atoms with van der Waals surface area (Å²) in [6.45, 7) is 15.1. The largest absolute Gasteiger partial charge is 0.508 e. The Morgan fingerprint density at radius 3 is 1.19 bits per heavy atom. The lowest BCUT2D eigenvalue weighted by atomic mass is 9.91. The number of aryl methyl sites for hydroxylation is 4. The molecule has 2 saturated heterocycles. The molecule has 0 unspecified atom stereocenters. The number of rotatable bonds is 18. The smallest absolute Gasteiger partial charge is 0.258 e. The molecule has 0 saturated carbocycles. The maximum atomic E-state index is 12.4. The number of hydrogen-bond donors (Lipinski definition) is 1. The number of nitrogens with zero attached hydrogens (tertiary/aromatic N) is 9. The van der Waals surface area contributed by atoms with Gasteiger partial charge in [-0.3, -0.25) is 24.0 Å². The second-order valence-electron chi connectivity index (χ2n) is 28.7. The molecule has 3 amide bonds.